The number of benzene rings is 2. The van der Waals surface area contributed by atoms with Gasteiger partial charge in [0.15, 0.2) is 5.78 Å². The van der Waals surface area contributed by atoms with Crippen molar-refractivity contribution in [2.24, 2.45) is 0 Å². The zero-order chi connectivity index (χ0) is 15.9. The van der Waals surface area contributed by atoms with Crippen molar-refractivity contribution in [2.75, 3.05) is 26.2 Å². The van der Waals surface area contributed by atoms with E-state index in [9.17, 15) is 4.79 Å². The van der Waals surface area contributed by atoms with Crippen LogP contribution >= 0.6 is 0 Å². The maximum atomic E-state index is 12.3. The molecular formula is C20H24NO2+. The number of rotatable bonds is 7. The molecule has 3 nitrogen and oxygen atoms in total. The van der Waals surface area contributed by atoms with E-state index in [2.05, 4.69) is 0 Å². The highest BCUT2D eigenvalue weighted by Crippen LogP contribution is 2.15. The zero-order valence-corrected chi connectivity index (χ0v) is 13.5. The molecule has 0 radical (unpaired) electrons. The van der Waals surface area contributed by atoms with Crippen LogP contribution in [-0.2, 0) is 0 Å². The van der Waals surface area contributed by atoms with Gasteiger partial charge in [0.05, 0.1) is 26.2 Å². The lowest BCUT2D eigenvalue weighted by Gasteiger charge is -2.12. The molecule has 1 fully saturated rings. The predicted molar refractivity (Wildman–Crippen MR) is 91.2 cm³/mol. The van der Waals surface area contributed by atoms with E-state index in [-0.39, 0.29) is 5.78 Å². The number of hydrogen-bond donors (Lipinski definition) is 1. The highest BCUT2D eigenvalue weighted by atomic mass is 16.5. The molecule has 0 spiro atoms. The Morgan fingerprint density at radius 2 is 1.57 bits per heavy atom. The van der Waals surface area contributed by atoms with Gasteiger partial charge in [-0.3, -0.25) is 4.79 Å². The lowest BCUT2D eigenvalue weighted by molar-refractivity contribution is -0.887. The van der Waals surface area contributed by atoms with E-state index in [1.807, 2.05) is 54.6 Å². The Labute approximate surface area is 137 Å². The summed E-state index contributed by atoms with van der Waals surface area (Å²) in [7, 11) is 0. The molecule has 1 aliphatic heterocycles. The van der Waals surface area contributed by atoms with Gasteiger partial charge in [0.2, 0.25) is 0 Å². The van der Waals surface area contributed by atoms with Gasteiger partial charge in [-0.25, -0.2) is 0 Å². The Kier molecular flexibility index (Phi) is 5.43. The molecule has 2 aromatic rings. The van der Waals surface area contributed by atoms with E-state index < -0.39 is 0 Å². The Morgan fingerprint density at radius 1 is 0.913 bits per heavy atom. The van der Waals surface area contributed by atoms with Crippen LogP contribution in [0.2, 0.25) is 0 Å². The van der Waals surface area contributed by atoms with E-state index in [0.29, 0.717) is 5.56 Å². The van der Waals surface area contributed by atoms with Crippen LogP contribution in [0.3, 0.4) is 0 Å². The fraction of sp³-hybridized carbons (Fsp3) is 0.350. The van der Waals surface area contributed by atoms with Crippen molar-refractivity contribution in [1.29, 1.82) is 0 Å². The molecule has 0 atom stereocenters. The number of ketones is 1. The van der Waals surface area contributed by atoms with Crippen LogP contribution in [0.15, 0.2) is 54.6 Å². The van der Waals surface area contributed by atoms with Gasteiger partial charge in [-0.1, -0.05) is 30.3 Å². The Hall–Kier alpha value is -2.13. The summed E-state index contributed by atoms with van der Waals surface area (Å²) in [6.07, 6.45) is 3.82. The summed E-state index contributed by atoms with van der Waals surface area (Å²) in [5.41, 5.74) is 1.42. The summed E-state index contributed by atoms with van der Waals surface area (Å²) in [6.45, 7) is 4.58. The number of nitrogens with one attached hydrogen (secondary N) is 1. The van der Waals surface area contributed by atoms with Crippen molar-refractivity contribution in [1.82, 2.24) is 0 Å². The minimum absolute atomic E-state index is 0.0507. The van der Waals surface area contributed by atoms with Crippen LogP contribution < -0.4 is 9.64 Å². The van der Waals surface area contributed by atoms with Gasteiger partial charge in [-0.15, -0.1) is 0 Å². The first-order valence-corrected chi connectivity index (χ1v) is 8.49. The Bertz CT molecular complexity index is 616. The maximum absolute atomic E-state index is 12.3. The molecule has 1 saturated heterocycles. The molecule has 1 heterocycles. The van der Waals surface area contributed by atoms with Crippen LogP contribution in [0.4, 0.5) is 0 Å². The molecule has 0 aliphatic carbocycles. The second kappa shape index (κ2) is 7.93. The van der Waals surface area contributed by atoms with Crippen molar-refractivity contribution in [3.8, 4) is 5.75 Å². The normalized spacial score (nSPS) is 14.8. The molecule has 0 bridgehead atoms. The largest absolute Gasteiger partial charge is 0.493 e. The average molecular weight is 310 g/mol. The standard InChI is InChI=1S/C20H23NO2/c22-20(17-7-2-1-3-8-17)18-9-11-19(12-10-18)23-16-6-15-21-13-4-5-14-21/h1-3,7-12H,4-6,13-16H2/p+1. The maximum Gasteiger partial charge on any atom is 0.193 e. The third-order valence-corrected chi connectivity index (χ3v) is 4.41. The molecule has 3 rings (SSSR count). The van der Waals surface area contributed by atoms with E-state index in [0.717, 1.165) is 24.3 Å². The van der Waals surface area contributed by atoms with E-state index in [1.165, 1.54) is 32.5 Å². The van der Waals surface area contributed by atoms with Crippen molar-refractivity contribution >= 4 is 5.78 Å². The second-order valence-electron chi connectivity index (χ2n) is 6.13. The fourth-order valence-electron chi connectivity index (χ4n) is 3.10. The summed E-state index contributed by atoms with van der Waals surface area (Å²) < 4.78 is 5.78. The van der Waals surface area contributed by atoms with Gasteiger partial charge in [-0.05, 0) is 24.3 Å². The number of quaternary nitrogens is 1. The number of carbonyl (C=O) groups is 1. The van der Waals surface area contributed by atoms with Crippen molar-refractivity contribution in [2.45, 2.75) is 19.3 Å². The highest BCUT2D eigenvalue weighted by molar-refractivity contribution is 6.08. The molecule has 2 aromatic carbocycles. The number of hydrogen-bond acceptors (Lipinski definition) is 2. The topological polar surface area (TPSA) is 30.7 Å². The van der Waals surface area contributed by atoms with Crippen molar-refractivity contribution in [3.05, 3.63) is 65.7 Å². The van der Waals surface area contributed by atoms with Crippen LogP contribution in [0.25, 0.3) is 0 Å². The molecule has 1 N–H and O–H groups in total. The molecule has 1 aliphatic rings. The van der Waals surface area contributed by atoms with E-state index >= 15 is 0 Å². The molecule has 0 saturated carbocycles. The van der Waals surface area contributed by atoms with Gasteiger partial charge >= 0.3 is 0 Å². The zero-order valence-electron chi connectivity index (χ0n) is 13.5. The van der Waals surface area contributed by atoms with Gasteiger partial charge < -0.3 is 9.64 Å². The van der Waals surface area contributed by atoms with Gasteiger partial charge in [0.1, 0.15) is 5.75 Å². The average Bonchev–Trinajstić information content (AvgIpc) is 3.13. The van der Waals surface area contributed by atoms with Crippen molar-refractivity contribution < 1.29 is 14.4 Å². The molecule has 0 amide bonds. The molecular weight excluding hydrogens is 286 g/mol. The SMILES string of the molecule is O=C(c1ccccc1)c1ccc(OCCC[NH+]2CCCC2)cc1. The van der Waals surface area contributed by atoms with Crippen LogP contribution in [0.1, 0.15) is 35.2 Å². The minimum atomic E-state index is 0.0507. The van der Waals surface area contributed by atoms with Crippen LogP contribution in [-0.4, -0.2) is 32.0 Å². The summed E-state index contributed by atoms with van der Waals surface area (Å²) in [6, 6.07) is 16.8. The highest BCUT2D eigenvalue weighted by Gasteiger charge is 2.14. The fourth-order valence-corrected chi connectivity index (χ4v) is 3.10. The predicted octanol–water partition coefficient (Wildman–Crippen LogP) is 2.37. The van der Waals surface area contributed by atoms with Crippen molar-refractivity contribution in [3.63, 3.8) is 0 Å². The first-order chi connectivity index (χ1) is 11.3. The molecule has 0 aromatic heterocycles. The lowest BCUT2D eigenvalue weighted by Crippen LogP contribution is -3.10. The number of carbonyl (C=O) groups excluding carboxylic acids is 1. The first kappa shape index (κ1) is 15.8. The van der Waals surface area contributed by atoms with Gasteiger partial charge in [-0.2, -0.15) is 0 Å². The summed E-state index contributed by atoms with van der Waals surface area (Å²) >= 11 is 0. The van der Waals surface area contributed by atoms with Gasteiger partial charge in [0.25, 0.3) is 0 Å². The Morgan fingerprint density at radius 3 is 2.26 bits per heavy atom. The molecule has 120 valence electrons. The molecule has 3 heteroatoms. The first-order valence-electron chi connectivity index (χ1n) is 8.49. The Balaban J connectivity index is 1.48. The third kappa shape index (κ3) is 4.42. The van der Waals surface area contributed by atoms with Crippen LogP contribution in [0.5, 0.6) is 5.75 Å². The van der Waals surface area contributed by atoms with Crippen LogP contribution in [0, 0.1) is 0 Å². The smallest absolute Gasteiger partial charge is 0.193 e. The van der Waals surface area contributed by atoms with Gasteiger partial charge in [0, 0.05) is 30.4 Å². The molecule has 0 unspecified atom stereocenters. The van der Waals surface area contributed by atoms with E-state index in [4.69, 9.17) is 4.74 Å². The quantitative estimate of drug-likeness (QED) is 0.629. The lowest BCUT2D eigenvalue weighted by atomic mass is 10.0. The molecule has 23 heavy (non-hydrogen) atoms. The minimum Gasteiger partial charge on any atom is -0.493 e. The van der Waals surface area contributed by atoms with E-state index in [1.54, 1.807) is 4.90 Å². The number of ether oxygens (including phenoxy) is 1. The summed E-state index contributed by atoms with van der Waals surface area (Å²) in [5.74, 6) is 0.890. The summed E-state index contributed by atoms with van der Waals surface area (Å²) in [4.78, 5) is 14.0. The monoisotopic (exact) mass is 310 g/mol. The second-order valence-corrected chi connectivity index (χ2v) is 6.13. The third-order valence-electron chi connectivity index (χ3n) is 4.41. The number of likely N-dealkylation sites (tertiary alicyclic amines) is 1. The summed E-state index contributed by atoms with van der Waals surface area (Å²) in [5, 5.41) is 0.